The minimum Gasteiger partial charge on any atom is -0.481 e. The summed E-state index contributed by atoms with van der Waals surface area (Å²) in [4.78, 5) is 27.4. The molecule has 2 bridgehead atoms. The van der Waals surface area contributed by atoms with Crippen LogP contribution in [0.5, 0.6) is 0 Å². The van der Waals surface area contributed by atoms with Crippen molar-refractivity contribution < 1.29 is 18.7 Å². The smallest absolute Gasteiger partial charge is 0.309 e. The van der Waals surface area contributed by atoms with Crippen LogP contribution in [-0.4, -0.2) is 37.1 Å². The van der Waals surface area contributed by atoms with Crippen molar-refractivity contribution in [1.82, 2.24) is 19.9 Å². The summed E-state index contributed by atoms with van der Waals surface area (Å²) in [6, 6.07) is 0.847. The molecule has 3 N–H and O–H groups in total. The zero-order chi connectivity index (χ0) is 21.0. The molecule has 0 spiro atoms. The number of nitrogens with one attached hydrogen (secondary N) is 2. The SMILES string of the molecule is Cc1nc(-c2c[nH]c3ncc(F)cc23)nc(N[C@H]2C3C=CC(CC3)[C@@H]2C(=O)O)c1F. The summed E-state index contributed by atoms with van der Waals surface area (Å²) < 4.78 is 28.6. The number of halogens is 2. The van der Waals surface area contributed by atoms with Gasteiger partial charge < -0.3 is 15.4 Å². The van der Waals surface area contributed by atoms with Gasteiger partial charge in [0.05, 0.1) is 17.8 Å². The lowest BCUT2D eigenvalue weighted by Gasteiger charge is -2.43. The molecule has 0 radical (unpaired) electrons. The Morgan fingerprint density at radius 2 is 2.00 bits per heavy atom. The number of carboxylic acid groups (broad SMARTS) is 1. The summed E-state index contributed by atoms with van der Waals surface area (Å²) in [6.45, 7) is 1.51. The number of hydrogen-bond acceptors (Lipinski definition) is 5. The Hall–Kier alpha value is -3.36. The zero-order valence-corrected chi connectivity index (χ0v) is 16.1. The molecule has 6 rings (SSSR count). The van der Waals surface area contributed by atoms with Crippen molar-refractivity contribution in [3.63, 3.8) is 0 Å². The number of aryl methyl sites for hydroxylation is 1. The highest BCUT2D eigenvalue weighted by molar-refractivity contribution is 5.91. The number of allylic oxidation sites excluding steroid dienone is 1. The Morgan fingerprint density at radius 1 is 1.23 bits per heavy atom. The molecule has 0 aromatic carbocycles. The number of aliphatic carboxylic acids is 1. The molecule has 0 amide bonds. The molecule has 3 aromatic rings. The maximum atomic E-state index is 14.9. The van der Waals surface area contributed by atoms with Crippen LogP contribution in [0, 0.1) is 36.3 Å². The van der Waals surface area contributed by atoms with Gasteiger partial charge in [-0.25, -0.2) is 23.7 Å². The average Bonchev–Trinajstić information content (AvgIpc) is 3.14. The topological polar surface area (TPSA) is 104 Å². The van der Waals surface area contributed by atoms with Gasteiger partial charge in [0.1, 0.15) is 11.5 Å². The van der Waals surface area contributed by atoms with E-state index in [9.17, 15) is 18.7 Å². The van der Waals surface area contributed by atoms with E-state index in [4.69, 9.17) is 0 Å². The van der Waals surface area contributed by atoms with E-state index in [0.717, 1.165) is 19.0 Å². The number of nitrogens with zero attached hydrogens (tertiary/aromatic N) is 3. The number of aromatic amines is 1. The molecular formula is C21H19F2N5O2. The molecular weight excluding hydrogens is 392 g/mol. The van der Waals surface area contributed by atoms with Crippen LogP contribution in [0.15, 0.2) is 30.6 Å². The average molecular weight is 411 g/mol. The highest BCUT2D eigenvalue weighted by Gasteiger charge is 2.45. The summed E-state index contributed by atoms with van der Waals surface area (Å²) >= 11 is 0. The number of hydrogen-bond donors (Lipinski definition) is 3. The number of carboxylic acids is 1. The number of rotatable bonds is 4. The summed E-state index contributed by atoms with van der Waals surface area (Å²) in [5, 5.41) is 13.3. The molecule has 1 fully saturated rings. The Kier molecular flexibility index (Phi) is 4.27. The first-order valence-electron chi connectivity index (χ1n) is 9.77. The Morgan fingerprint density at radius 3 is 2.73 bits per heavy atom. The van der Waals surface area contributed by atoms with Crippen LogP contribution in [0.2, 0.25) is 0 Å². The fourth-order valence-electron chi connectivity index (χ4n) is 4.62. The van der Waals surface area contributed by atoms with Gasteiger partial charge in [0, 0.05) is 23.2 Å². The van der Waals surface area contributed by atoms with Crippen molar-refractivity contribution in [1.29, 1.82) is 0 Å². The highest BCUT2D eigenvalue weighted by Crippen LogP contribution is 2.42. The van der Waals surface area contributed by atoms with Gasteiger partial charge in [-0.05, 0) is 37.7 Å². The van der Waals surface area contributed by atoms with Crippen LogP contribution in [0.4, 0.5) is 14.6 Å². The van der Waals surface area contributed by atoms with Crippen LogP contribution in [0.25, 0.3) is 22.4 Å². The lowest BCUT2D eigenvalue weighted by atomic mass is 9.66. The fourth-order valence-corrected chi connectivity index (χ4v) is 4.62. The van der Waals surface area contributed by atoms with E-state index in [2.05, 4.69) is 25.3 Å². The van der Waals surface area contributed by atoms with E-state index in [-0.39, 0.29) is 29.2 Å². The molecule has 1 saturated carbocycles. The maximum absolute atomic E-state index is 14.9. The quantitative estimate of drug-likeness (QED) is 0.566. The number of anilines is 1. The first kappa shape index (κ1) is 18.7. The van der Waals surface area contributed by atoms with E-state index in [0.29, 0.717) is 16.6 Å². The van der Waals surface area contributed by atoms with Crippen LogP contribution < -0.4 is 5.32 Å². The third-order valence-corrected chi connectivity index (χ3v) is 6.09. The van der Waals surface area contributed by atoms with Gasteiger partial charge in [-0.3, -0.25) is 4.79 Å². The molecule has 7 nitrogen and oxygen atoms in total. The molecule has 30 heavy (non-hydrogen) atoms. The molecule has 0 aliphatic heterocycles. The molecule has 3 aliphatic carbocycles. The van der Waals surface area contributed by atoms with Crippen molar-refractivity contribution in [3.8, 4) is 11.4 Å². The minimum atomic E-state index is -0.906. The fraction of sp³-hybridized carbons (Fsp3) is 0.333. The summed E-state index contributed by atoms with van der Waals surface area (Å²) in [5.41, 5.74) is 1.07. The molecule has 154 valence electrons. The summed E-state index contributed by atoms with van der Waals surface area (Å²) in [6.07, 6.45) is 8.30. The van der Waals surface area contributed by atoms with Gasteiger partial charge in [-0.2, -0.15) is 0 Å². The van der Waals surface area contributed by atoms with Crippen LogP contribution in [-0.2, 0) is 4.79 Å². The third kappa shape index (κ3) is 2.92. The predicted octanol–water partition coefficient (Wildman–Crippen LogP) is 3.68. The summed E-state index contributed by atoms with van der Waals surface area (Å²) in [5.74, 6) is -2.63. The van der Waals surface area contributed by atoms with E-state index >= 15 is 0 Å². The van der Waals surface area contributed by atoms with Crippen molar-refractivity contribution >= 4 is 22.8 Å². The number of aromatic nitrogens is 4. The van der Waals surface area contributed by atoms with Crippen LogP contribution >= 0.6 is 0 Å². The largest absolute Gasteiger partial charge is 0.481 e. The molecule has 2 unspecified atom stereocenters. The number of fused-ring (bicyclic) bond motifs is 3. The molecule has 3 aromatic heterocycles. The monoisotopic (exact) mass is 411 g/mol. The van der Waals surface area contributed by atoms with Crippen LogP contribution in [0.3, 0.4) is 0 Å². The van der Waals surface area contributed by atoms with Gasteiger partial charge >= 0.3 is 5.97 Å². The standard InChI is InChI=1S/C21H19F2N5O2/c1-9-16(23)20(27-17-11-4-2-10(3-5-11)15(17)21(29)30)28-19(26-9)14-8-25-18-13(14)6-12(22)7-24-18/h2,4,6-8,10-11,15,17H,3,5H2,1H3,(H,24,25)(H,29,30)(H,26,27,28)/t10?,11?,15-,17-/m0/s1. The van der Waals surface area contributed by atoms with Gasteiger partial charge in [-0.1, -0.05) is 12.2 Å². The number of pyridine rings is 1. The Balaban J connectivity index is 1.56. The van der Waals surface area contributed by atoms with Gasteiger partial charge in [-0.15, -0.1) is 0 Å². The first-order chi connectivity index (χ1) is 14.4. The second-order valence-electron chi connectivity index (χ2n) is 7.87. The molecule has 3 aliphatic rings. The van der Waals surface area contributed by atoms with Gasteiger partial charge in [0.25, 0.3) is 0 Å². The first-order valence-corrected chi connectivity index (χ1v) is 9.77. The minimum absolute atomic E-state index is 0.0133. The molecule has 0 saturated heterocycles. The third-order valence-electron chi connectivity index (χ3n) is 6.09. The molecule has 4 atom stereocenters. The Labute approximate surface area is 170 Å². The maximum Gasteiger partial charge on any atom is 0.309 e. The van der Waals surface area contributed by atoms with E-state index in [1.807, 2.05) is 12.2 Å². The molecule has 9 heteroatoms. The van der Waals surface area contributed by atoms with E-state index < -0.39 is 29.6 Å². The zero-order valence-electron chi connectivity index (χ0n) is 16.1. The molecule has 3 heterocycles. The second kappa shape index (κ2) is 6.86. The van der Waals surface area contributed by atoms with Crippen molar-refractivity contribution in [3.05, 3.63) is 47.9 Å². The van der Waals surface area contributed by atoms with Gasteiger partial charge in [0.2, 0.25) is 0 Å². The van der Waals surface area contributed by atoms with Crippen molar-refractivity contribution in [2.45, 2.75) is 25.8 Å². The normalized spacial score (nSPS) is 25.0. The Bertz CT molecular complexity index is 1190. The summed E-state index contributed by atoms with van der Waals surface area (Å²) in [7, 11) is 0. The van der Waals surface area contributed by atoms with E-state index in [1.165, 1.54) is 13.0 Å². The number of H-pyrrole nitrogens is 1. The van der Waals surface area contributed by atoms with E-state index in [1.54, 1.807) is 6.20 Å². The highest BCUT2D eigenvalue weighted by atomic mass is 19.1. The number of carbonyl (C=O) groups is 1. The lowest BCUT2D eigenvalue weighted by molar-refractivity contribution is -0.145. The lowest BCUT2D eigenvalue weighted by Crippen LogP contribution is -2.49. The predicted molar refractivity (Wildman–Crippen MR) is 106 cm³/mol. The van der Waals surface area contributed by atoms with Crippen molar-refractivity contribution in [2.75, 3.05) is 5.32 Å². The second-order valence-corrected chi connectivity index (χ2v) is 7.87. The van der Waals surface area contributed by atoms with Gasteiger partial charge in [0.15, 0.2) is 17.5 Å². The van der Waals surface area contributed by atoms with Crippen molar-refractivity contribution in [2.24, 2.45) is 17.8 Å². The van der Waals surface area contributed by atoms with Crippen LogP contribution in [0.1, 0.15) is 18.5 Å².